The number of unbranched alkanes of at least 4 members (excludes halogenated alkanes) is 1. The van der Waals surface area contributed by atoms with Gasteiger partial charge in [0, 0.05) is 6.04 Å². The van der Waals surface area contributed by atoms with Crippen LogP contribution in [0, 0.1) is 12.8 Å². The van der Waals surface area contributed by atoms with Crippen molar-refractivity contribution in [2.45, 2.75) is 78.7 Å². The van der Waals surface area contributed by atoms with Gasteiger partial charge in [-0.3, -0.25) is 0 Å². The first-order chi connectivity index (χ1) is 10.2. The summed E-state index contributed by atoms with van der Waals surface area (Å²) in [5, 5.41) is 3.78. The standard InChI is InChI=1S/C20H35N/c1-5-8-11-18(7-3)15-20(21-13-6-2)16-19-12-9-10-17(4)14-19/h9-10,12,14,18,20-21H,5-8,11,13,15-16H2,1-4H3. The van der Waals surface area contributed by atoms with Crippen LogP contribution in [0.1, 0.15) is 70.4 Å². The van der Waals surface area contributed by atoms with Crippen LogP contribution in [0.5, 0.6) is 0 Å². The predicted molar refractivity (Wildman–Crippen MR) is 94.9 cm³/mol. The Bertz CT molecular complexity index is 372. The second kappa shape index (κ2) is 10.8. The highest BCUT2D eigenvalue weighted by molar-refractivity contribution is 5.23. The largest absolute Gasteiger partial charge is 0.314 e. The fourth-order valence-electron chi connectivity index (χ4n) is 3.09. The van der Waals surface area contributed by atoms with Crippen LogP contribution in [-0.2, 0) is 6.42 Å². The predicted octanol–water partition coefficient (Wildman–Crippen LogP) is 5.51. The number of hydrogen-bond acceptors (Lipinski definition) is 1. The van der Waals surface area contributed by atoms with E-state index in [1.165, 1.54) is 56.1 Å². The van der Waals surface area contributed by atoms with Gasteiger partial charge in [-0.05, 0) is 44.2 Å². The number of aryl methyl sites for hydroxylation is 1. The van der Waals surface area contributed by atoms with Gasteiger partial charge in [0.1, 0.15) is 0 Å². The van der Waals surface area contributed by atoms with E-state index in [2.05, 4.69) is 57.3 Å². The van der Waals surface area contributed by atoms with Gasteiger partial charge in [-0.1, -0.05) is 76.3 Å². The maximum Gasteiger partial charge on any atom is 0.0110 e. The fourth-order valence-corrected chi connectivity index (χ4v) is 3.09. The molecule has 0 aliphatic rings. The lowest BCUT2D eigenvalue weighted by molar-refractivity contribution is 0.347. The van der Waals surface area contributed by atoms with E-state index in [1.807, 2.05) is 0 Å². The number of rotatable bonds is 11. The molecule has 0 aliphatic heterocycles. The zero-order valence-electron chi connectivity index (χ0n) is 14.6. The molecule has 0 bridgehead atoms. The average Bonchev–Trinajstić information content (AvgIpc) is 2.48. The maximum absolute atomic E-state index is 3.78. The van der Waals surface area contributed by atoms with Crippen LogP contribution < -0.4 is 5.32 Å². The Morgan fingerprint density at radius 3 is 2.52 bits per heavy atom. The molecule has 0 saturated heterocycles. The van der Waals surface area contributed by atoms with E-state index in [0.29, 0.717) is 6.04 Å². The molecular formula is C20H35N. The quantitative estimate of drug-likeness (QED) is 0.566. The zero-order valence-corrected chi connectivity index (χ0v) is 14.6. The third-order valence-electron chi connectivity index (χ3n) is 4.41. The monoisotopic (exact) mass is 289 g/mol. The van der Waals surface area contributed by atoms with Gasteiger partial charge >= 0.3 is 0 Å². The van der Waals surface area contributed by atoms with Crippen molar-refractivity contribution in [3.8, 4) is 0 Å². The van der Waals surface area contributed by atoms with Crippen LogP contribution in [0.15, 0.2) is 24.3 Å². The normalized spacial score (nSPS) is 14.1. The first kappa shape index (κ1) is 18.2. The highest BCUT2D eigenvalue weighted by Gasteiger charge is 2.15. The van der Waals surface area contributed by atoms with E-state index < -0.39 is 0 Å². The number of nitrogens with one attached hydrogen (secondary N) is 1. The maximum atomic E-state index is 3.78. The van der Waals surface area contributed by atoms with E-state index in [-0.39, 0.29) is 0 Å². The first-order valence-electron chi connectivity index (χ1n) is 8.98. The molecule has 0 amide bonds. The van der Waals surface area contributed by atoms with Crippen LogP contribution in [0.4, 0.5) is 0 Å². The van der Waals surface area contributed by atoms with Crippen molar-refractivity contribution in [1.82, 2.24) is 5.32 Å². The summed E-state index contributed by atoms with van der Waals surface area (Å²) in [4.78, 5) is 0. The third-order valence-corrected chi connectivity index (χ3v) is 4.41. The molecule has 1 aromatic rings. The van der Waals surface area contributed by atoms with Crippen LogP contribution in [-0.4, -0.2) is 12.6 Å². The Morgan fingerprint density at radius 1 is 1.10 bits per heavy atom. The molecule has 0 aliphatic carbocycles. The smallest absolute Gasteiger partial charge is 0.0110 e. The number of hydrogen-bond donors (Lipinski definition) is 1. The van der Waals surface area contributed by atoms with E-state index >= 15 is 0 Å². The molecule has 1 heteroatoms. The Morgan fingerprint density at radius 2 is 1.90 bits per heavy atom. The first-order valence-corrected chi connectivity index (χ1v) is 8.98. The summed E-state index contributed by atoms with van der Waals surface area (Å²) < 4.78 is 0. The summed E-state index contributed by atoms with van der Waals surface area (Å²) in [5.74, 6) is 0.879. The minimum Gasteiger partial charge on any atom is -0.314 e. The molecule has 0 heterocycles. The van der Waals surface area contributed by atoms with Crippen molar-refractivity contribution in [3.05, 3.63) is 35.4 Å². The minimum atomic E-state index is 0.633. The number of benzene rings is 1. The van der Waals surface area contributed by atoms with Gasteiger partial charge in [-0.15, -0.1) is 0 Å². The summed E-state index contributed by atoms with van der Waals surface area (Å²) >= 11 is 0. The second-order valence-electron chi connectivity index (χ2n) is 6.50. The van der Waals surface area contributed by atoms with Gasteiger partial charge in [0.2, 0.25) is 0 Å². The van der Waals surface area contributed by atoms with Gasteiger partial charge in [0.05, 0.1) is 0 Å². The lowest BCUT2D eigenvalue weighted by Crippen LogP contribution is -2.33. The third kappa shape index (κ3) is 7.66. The molecule has 0 spiro atoms. The molecule has 1 rings (SSSR count). The average molecular weight is 290 g/mol. The summed E-state index contributed by atoms with van der Waals surface area (Å²) in [7, 11) is 0. The summed E-state index contributed by atoms with van der Waals surface area (Å²) in [6.07, 6.45) is 9.12. The molecule has 0 radical (unpaired) electrons. The van der Waals surface area contributed by atoms with Crippen molar-refractivity contribution in [2.75, 3.05) is 6.54 Å². The van der Waals surface area contributed by atoms with Crippen molar-refractivity contribution >= 4 is 0 Å². The zero-order chi connectivity index (χ0) is 15.5. The fraction of sp³-hybridized carbons (Fsp3) is 0.700. The summed E-state index contributed by atoms with van der Waals surface area (Å²) in [6.45, 7) is 10.2. The summed E-state index contributed by atoms with van der Waals surface area (Å²) in [5.41, 5.74) is 2.86. The van der Waals surface area contributed by atoms with Crippen LogP contribution in [0.25, 0.3) is 0 Å². The lowest BCUT2D eigenvalue weighted by Gasteiger charge is -2.24. The van der Waals surface area contributed by atoms with Gasteiger partial charge in [-0.2, -0.15) is 0 Å². The van der Waals surface area contributed by atoms with Crippen molar-refractivity contribution in [3.63, 3.8) is 0 Å². The van der Waals surface area contributed by atoms with Crippen LogP contribution in [0.3, 0.4) is 0 Å². The van der Waals surface area contributed by atoms with E-state index in [4.69, 9.17) is 0 Å². The van der Waals surface area contributed by atoms with Gasteiger partial charge < -0.3 is 5.32 Å². The van der Waals surface area contributed by atoms with Crippen molar-refractivity contribution in [2.24, 2.45) is 5.92 Å². The Kier molecular flexibility index (Phi) is 9.41. The Balaban J connectivity index is 2.61. The molecule has 1 N–H and O–H groups in total. The molecule has 0 aromatic heterocycles. The Hall–Kier alpha value is -0.820. The molecule has 2 atom stereocenters. The molecule has 2 unspecified atom stereocenters. The van der Waals surface area contributed by atoms with Crippen molar-refractivity contribution in [1.29, 1.82) is 0 Å². The van der Waals surface area contributed by atoms with Gasteiger partial charge in [-0.25, -0.2) is 0 Å². The van der Waals surface area contributed by atoms with E-state index in [1.54, 1.807) is 0 Å². The second-order valence-corrected chi connectivity index (χ2v) is 6.50. The molecule has 21 heavy (non-hydrogen) atoms. The van der Waals surface area contributed by atoms with Crippen LogP contribution in [0.2, 0.25) is 0 Å². The molecule has 0 fully saturated rings. The SMILES string of the molecule is CCCCC(CC)CC(Cc1cccc(C)c1)NCCC. The highest BCUT2D eigenvalue weighted by atomic mass is 14.9. The van der Waals surface area contributed by atoms with E-state index in [0.717, 1.165) is 12.5 Å². The lowest BCUT2D eigenvalue weighted by atomic mass is 9.89. The molecule has 120 valence electrons. The molecule has 1 aromatic carbocycles. The summed E-state index contributed by atoms with van der Waals surface area (Å²) in [6, 6.07) is 9.63. The Labute approximate surface area is 132 Å². The topological polar surface area (TPSA) is 12.0 Å². The van der Waals surface area contributed by atoms with E-state index in [9.17, 15) is 0 Å². The minimum absolute atomic E-state index is 0.633. The molecule has 1 nitrogen and oxygen atoms in total. The van der Waals surface area contributed by atoms with Crippen molar-refractivity contribution < 1.29 is 0 Å². The highest BCUT2D eigenvalue weighted by Crippen LogP contribution is 2.20. The van der Waals surface area contributed by atoms with Gasteiger partial charge in [0.15, 0.2) is 0 Å². The van der Waals surface area contributed by atoms with Crippen LogP contribution >= 0.6 is 0 Å². The molecule has 0 saturated carbocycles. The van der Waals surface area contributed by atoms with Gasteiger partial charge in [0.25, 0.3) is 0 Å². The molecular weight excluding hydrogens is 254 g/mol.